The Bertz CT molecular complexity index is 1630. The number of para-hydroxylation sites is 2. The van der Waals surface area contributed by atoms with Crippen molar-refractivity contribution < 1.29 is 4.42 Å². The van der Waals surface area contributed by atoms with Crippen molar-refractivity contribution in [2.45, 2.75) is 0 Å². The molecule has 0 atom stereocenters. The van der Waals surface area contributed by atoms with Crippen molar-refractivity contribution in [3.05, 3.63) is 109 Å². The number of fused-ring (bicyclic) bond motifs is 6. The van der Waals surface area contributed by atoms with E-state index in [1.807, 2.05) is 12.1 Å². The maximum Gasteiger partial charge on any atom is 0.135 e. The van der Waals surface area contributed by atoms with E-state index in [1.54, 1.807) is 0 Å². The van der Waals surface area contributed by atoms with Gasteiger partial charge in [-0.25, -0.2) is 0 Å². The standard InChI is InChI=1S/C30H19NO/c1-3-7-27-23(5-1)25-17-21(13-15-28(25)31-27)19-9-11-20(12-10-19)22-14-16-30-26(18-22)24-6-2-4-8-29(24)32-30/h1-18,31H. The van der Waals surface area contributed by atoms with Crippen molar-refractivity contribution in [2.75, 3.05) is 0 Å². The highest BCUT2D eigenvalue weighted by molar-refractivity contribution is 6.08. The maximum atomic E-state index is 5.98. The van der Waals surface area contributed by atoms with Crippen LogP contribution in [0.15, 0.2) is 114 Å². The number of furan rings is 1. The molecule has 0 saturated carbocycles. The summed E-state index contributed by atoms with van der Waals surface area (Å²) in [5.74, 6) is 0. The van der Waals surface area contributed by atoms with E-state index in [4.69, 9.17) is 4.42 Å². The van der Waals surface area contributed by atoms with E-state index in [0.29, 0.717) is 0 Å². The van der Waals surface area contributed by atoms with E-state index >= 15 is 0 Å². The Kier molecular flexibility index (Phi) is 3.58. The van der Waals surface area contributed by atoms with Gasteiger partial charge in [0.05, 0.1) is 0 Å². The molecule has 0 aliphatic carbocycles. The highest BCUT2D eigenvalue weighted by Gasteiger charge is 2.09. The van der Waals surface area contributed by atoms with Gasteiger partial charge in [-0.2, -0.15) is 0 Å². The van der Waals surface area contributed by atoms with Gasteiger partial charge in [-0.15, -0.1) is 0 Å². The Balaban J connectivity index is 1.30. The second kappa shape index (κ2) is 6.60. The molecule has 0 fully saturated rings. The second-order valence-corrected chi connectivity index (χ2v) is 8.32. The summed E-state index contributed by atoms with van der Waals surface area (Å²) in [6.45, 7) is 0. The first-order valence-electron chi connectivity index (χ1n) is 10.9. The summed E-state index contributed by atoms with van der Waals surface area (Å²) in [6.07, 6.45) is 0. The third-order valence-electron chi connectivity index (χ3n) is 6.43. The normalized spacial score (nSPS) is 11.8. The van der Waals surface area contributed by atoms with Crippen LogP contribution < -0.4 is 0 Å². The zero-order valence-electron chi connectivity index (χ0n) is 17.3. The highest BCUT2D eigenvalue weighted by Crippen LogP contribution is 2.34. The van der Waals surface area contributed by atoms with Gasteiger partial charge in [0.25, 0.3) is 0 Å². The average Bonchev–Trinajstić information content (AvgIpc) is 3.41. The lowest BCUT2D eigenvalue weighted by molar-refractivity contribution is 0.669. The summed E-state index contributed by atoms with van der Waals surface area (Å²) < 4.78 is 5.98. The lowest BCUT2D eigenvalue weighted by Gasteiger charge is -2.06. The first kappa shape index (κ1) is 17.4. The molecule has 0 radical (unpaired) electrons. The van der Waals surface area contributed by atoms with Crippen LogP contribution in [0.2, 0.25) is 0 Å². The topological polar surface area (TPSA) is 28.9 Å². The van der Waals surface area contributed by atoms with Crippen LogP contribution in [0.4, 0.5) is 0 Å². The zero-order chi connectivity index (χ0) is 21.1. The van der Waals surface area contributed by atoms with Crippen LogP contribution in [0.1, 0.15) is 0 Å². The van der Waals surface area contributed by atoms with Crippen molar-refractivity contribution in [1.82, 2.24) is 4.98 Å². The van der Waals surface area contributed by atoms with Gasteiger partial charge in [-0.1, -0.05) is 72.8 Å². The van der Waals surface area contributed by atoms with Gasteiger partial charge in [-0.3, -0.25) is 0 Å². The molecule has 7 aromatic rings. The fraction of sp³-hybridized carbons (Fsp3) is 0. The molecule has 0 aliphatic heterocycles. The fourth-order valence-corrected chi connectivity index (χ4v) is 4.79. The van der Waals surface area contributed by atoms with Crippen LogP contribution >= 0.6 is 0 Å². The second-order valence-electron chi connectivity index (χ2n) is 8.32. The molecule has 5 aromatic carbocycles. The molecule has 1 N–H and O–H groups in total. The van der Waals surface area contributed by atoms with E-state index in [-0.39, 0.29) is 0 Å². The first-order chi connectivity index (χ1) is 15.8. The van der Waals surface area contributed by atoms with Crippen LogP contribution in [0, 0.1) is 0 Å². The SMILES string of the molecule is c1ccc2c(c1)[nH]c1ccc(-c3ccc(-c4ccc5oc6ccccc6c5c4)cc3)cc12. The minimum absolute atomic E-state index is 0.929. The van der Waals surface area contributed by atoms with Crippen LogP contribution in [0.3, 0.4) is 0 Å². The molecule has 2 heterocycles. The summed E-state index contributed by atoms with van der Waals surface area (Å²) in [5.41, 5.74) is 9.06. The molecule has 0 spiro atoms. The van der Waals surface area contributed by atoms with Gasteiger partial charge in [0.2, 0.25) is 0 Å². The molecule has 150 valence electrons. The molecule has 7 rings (SSSR count). The van der Waals surface area contributed by atoms with Gasteiger partial charge in [-0.05, 0) is 58.7 Å². The van der Waals surface area contributed by atoms with Crippen molar-refractivity contribution >= 4 is 43.7 Å². The van der Waals surface area contributed by atoms with Crippen molar-refractivity contribution in [3.8, 4) is 22.3 Å². The molecular formula is C30H19NO. The molecule has 0 saturated heterocycles. The molecule has 0 amide bonds. The maximum absolute atomic E-state index is 5.98. The van der Waals surface area contributed by atoms with E-state index in [0.717, 1.165) is 21.9 Å². The number of hydrogen-bond donors (Lipinski definition) is 1. The third kappa shape index (κ3) is 2.60. The lowest BCUT2D eigenvalue weighted by atomic mass is 9.98. The number of rotatable bonds is 2. The minimum atomic E-state index is 0.929. The highest BCUT2D eigenvalue weighted by atomic mass is 16.3. The van der Waals surface area contributed by atoms with Crippen LogP contribution in [-0.4, -0.2) is 4.98 Å². The lowest BCUT2D eigenvalue weighted by Crippen LogP contribution is -1.81. The van der Waals surface area contributed by atoms with Gasteiger partial charge in [0.15, 0.2) is 0 Å². The van der Waals surface area contributed by atoms with Gasteiger partial charge in [0.1, 0.15) is 11.2 Å². The molecule has 0 bridgehead atoms. The molecule has 2 nitrogen and oxygen atoms in total. The van der Waals surface area contributed by atoms with E-state index in [2.05, 4.69) is 102 Å². The third-order valence-corrected chi connectivity index (χ3v) is 6.43. The number of benzene rings is 5. The van der Waals surface area contributed by atoms with Gasteiger partial charge in [0, 0.05) is 32.6 Å². The number of hydrogen-bond acceptors (Lipinski definition) is 1. The smallest absolute Gasteiger partial charge is 0.135 e. The average molecular weight is 409 g/mol. The number of aromatic nitrogens is 1. The van der Waals surface area contributed by atoms with Crippen molar-refractivity contribution in [2.24, 2.45) is 0 Å². The molecule has 2 aromatic heterocycles. The van der Waals surface area contributed by atoms with Gasteiger partial charge < -0.3 is 9.40 Å². The summed E-state index contributed by atoms with van der Waals surface area (Å²) >= 11 is 0. The Labute approximate surface area is 184 Å². The van der Waals surface area contributed by atoms with Crippen LogP contribution in [0.5, 0.6) is 0 Å². The summed E-state index contributed by atoms with van der Waals surface area (Å²) in [4.78, 5) is 3.50. The zero-order valence-corrected chi connectivity index (χ0v) is 17.3. The Morgan fingerprint density at radius 2 is 0.969 bits per heavy atom. The van der Waals surface area contributed by atoms with Crippen LogP contribution in [0.25, 0.3) is 66.0 Å². The largest absolute Gasteiger partial charge is 0.456 e. The fourth-order valence-electron chi connectivity index (χ4n) is 4.79. The molecule has 2 heteroatoms. The molecular weight excluding hydrogens is 390 g/mol. The number of nitrogens with one attached hydrogen (secondary N) is 1. The molecule has 32 heavy (non-hydrogen) atoms. The van der Waals surface area contributed by atoms with E-state index in [9.17, 15) is 0 Å². The Morgan fingerprint density at radius 3 is 1.78 bits per heavy atom. The summed E-state index contributed by atoms with van der Waals surface area (Å²) in [6, 6.07) is 38.6. The predicted molar refractivity (Wildman–Crippen MR) is 134 cm³/mol. The van der Waals surface area contributed by atoms with Gasteiger partial charge >= 0.3 is 0 Å². The van der Waals surface area contributed by atoms with Crippen molar-refractivity contribution in [3.63, 3.8) is 0 Å². The summed E-state index contributed by atoms with van der Waals surface area (Å²) in [5, 5.41) is 4.85. The Hall–Kier alpha value is -4.30. The number of aromatic amines is 1. The molecule has 0 unspecified atom stereocenters. The molecule has 0 aliphatic rings. The summed E-state index contributed by atoms with van der Waals surface area (Å²) in [7, 11) is 0. The van der Waals surface area contributed by atoms with E-state index in [1.165, 1.54) is 44.1 Å². The van der Waals surface area contributed by atoms with E-state index < -0.39 is 0 Å². The quantitative estimate of drug-likeness (QED) is 0.304. The predicted octanol–water partition coefficient (Wildman–Crippen LogP) is 8.55. The minimum Gasteiger partial charge on any atom is -0.456 e. The van der Waals surface area contributed by atoms with Crippen LogP contribution in [-0.2, 0) is 0 Å². The first-order valence-corrected chi connectivity index (χ1v) is 10.9. The van der Waals surface area contributed by atoms with Crippen molar-refractivity contribution in [1.29, 1.82) is 0 Å². The number of H-pyrrole nitrogens is 1. The Morgan fingerprint density at radius 1 is 0.406 bits per heavy atom. The monoisotopic (exact) mass is 409 g/mol.